The Labute approximate surface area is 183 Å². The van der Waals surface area contributed by atoms with Crippen molar-refractivity contribution in [1.82, 2.24) is 10.3 Å². The molecule has 4 bridgehead atoms. The third-order valence-electron chi connectivity index (χ3n) is 5.62. The Morgan fingerprint density at radius 3 is 2.45 bits per heavy atom. The highest BCUT2D eigenvalue weighted by atomic mass is 32.2. The van der Waals surface area contributed by atoms with Crippen LogP contribution in [0.1, 0.15) is 53.7 Å². The number of cyclic esters (lactones) is 1. The summed E-state index contributed by atoms with van der Waals surface area (Å²) in [4.78, 5) is 21.6. The van der Waals surface area contributed by atoms with Gasteiger partial charge < -0.3 is 15.8 Å². The number of ether oxygens (including phenoxy) is 1. The number of fused-ring (bicyclic) bond motifs is 4. The maximum absolute atomic E-state index is 15.1. The molecule has 1 aromatic rings. The minimum Gasteiger partial charge on any atom is -0.423 e. The highest BCUT2D eigenvalue weighted by Crippen LogP contribution is 2.57. The topological polar surface area (TPSA) is 102 Å². The number of amidine groups is 1. The zero-order chi connectivity index (χ0) is 23.5. The van der Waals surface area contributed by atoms with Gasteiger partial charge in [-0.05, 0) is 53.7 Å². The van der Waals surface area contributed by atoms with Crippen molar-refractivity contribution in [3.63, 3.8) is 0 Å². The summed E-state index contributed by atoms with van der Waals surface area (Å²) in [6.07, 6.45) is -1.44. The van der Waals surface area contributed by atoms with E-state index in [9.17, 15) is 13.6 Å². The first-order valence-corrected chi connectivity index (χ1v) is 10.7. The fourth-order valence-corrected chi connectivity index (χ4v) is 5.93. The van der Waals surface area contributed by atoms with Gasteiger partial charge in [0.05, 0.1) is 16.0 Å². The van der Waals surface area contributed by atoms with E-state index in [2.05, 4.69) is 20.6 Å². The smallest absolute Gasteiger partial charge is 0.414 e. The van der Waals surface area contributed by atoms with Crippen LogP contribution in [0.5, 0.6) is 0 Å². The number of nitrogens with zero attached hydrogens (tertiary/aromatic N) is 2. The monoisotopic (exact) mass is 459 g/mol. The molecule has 3 rings (SSSR count). The van der Waals surface area contributed by atoms with Crippen molar-refractivity contribution < 1.29 is 22.7 Å². The lowest BCUT2D eigenvalue weighted by Gasteiger charge is -2.52. The summed E-state index contributed by atoms with van der Waals surface area (Å²) < 4.78 is 47.5. The number of alkyl carbamates (subject to hydrolysis) is 1. The van der Waals surface area contributed by atoms with E-state index in [0.717, 1.165) is 0 Å². The van der Waals surface area contributed by atoms with E-state index in [-0.39, 0.29) is 17.3 Å². The van der Waals surface area contributed by atoms with Gasteiger partial charge in [-0.3, -0.25) is 10.3 Å². The van der Waals surface area contributed by atoms with Gasteiger partial charge in [-0.1, -0.05) is 0 Å². The second-order valence-electron chi connectivity index (χ2n) is 9.29. The SMILES string of the molecule is CC1(C)Nc2ccc(F)c(n2)[C@@]2(C)N=C(NC(=O)O1)C(C)(C)S[C@]2(C)CC(F)(F)CN. The average molecular weight is 460 g/mol. The molecule has 4 N–H and O–H groups in total. The summed E-state index contributed by atoms with van der Waals surface area (Å²) in [5.74, 6) is -3.50. The molecule has 0 fully saturated rings. The standard InChI is InChI=1S/C20H28F3N5O2S/c1-16(2)14-26-15(29)30-17(3,4)27-12-8-7-11(21)13(25-12)19(6,28-14)18(5,31-16)9-20(22,23)10-24/h7-8H,9-10,24H2,1-6H3,(H,25,27)(H,26,28,29)/t18-,19-/m1/s1. The zero-order valence-electron chi connectivity index (χ0n) is 18.4. The van der Waals surface area contributed by atoms with Gasteiger partial charge in [0, 0.05) is 6.42 Å². The zero-order valence-corrected chi connectivity index (χ0v) is 19.2. The second kappa shape index (κ2) is 7.26. The minimum absolute atomic E-state index is 0.111. The molecule has 0 saturated carbocycles. The minimum atomic E-state index is -3.21. The van der Waals surface area contributed by atoms with Gasteiger partial charge in [0.1, 0.15) is 28.7 Å². The predicted octanol–water partition coefficient (Wildman–Crippen LogP) is 3.99. The Kier molecular flexibility index (Phi) is 5.54. The van der Waals surface area contributed by atoms with Crippen LogP contribution in [0.4, 0.5) is 23.8 Å². The summed E-state index contributed by atoms with van der Waals surface area (Å²) in [6, 6.07) is 2.58. The molecule has 7 nitrogen and oxygen atoms in total. The number of rotatable bonds is 3. The molecule has 0 spiro atoms. The van der Waals surface area contributed by atoms with Crippen molar-refractivity contribution in [2.24, 2.45) is 10.7 Å². The number of aromatic nitrogens is 1. The van der Waals surface area contributed by atoms with Crippen LogP contribution in [-0.4, -0.2) is 44.6 Å². The van der Waals surface area contributed by atoms with Crippen LogP contribution in [-0.2, 0) is 10.3 Å². The fraction of sp³-hybridized carbons (Fsp3) is 0.650. The molecule has 0 aromatic carbocycles. The molecule has 0 radical (unpaired) electrons. The molecule has 3 heterocycles. The summed E-state index contributed by atoms with van der Waals surface area (Å²) >= 11 is 1.17. The molecular formula is C20H28F3N5O2S. The van der Waals surface area contributed by atoms with E-state index in [0.29, 0.717) is 0 Å². The summed E-state index contributed by atoms with van der Waals surface area (Å²) in [5, 5.41) is 5.56. The molecular weight excluding hydrogens is 431 g/mol. The van der Waals surface area contributed by atoms with Crippen LogP contribution in [0.15, 0.2) is 17.1 Å². The maximum Gasteiger partial charge on any atom is 0.414 e. The van der Waals surface area contributed by atoms with Gasteiger partial charge in [0.25, 0.3) is 5.92 Å². The lowest BCUT2D eigenvalue weighted by atomic mass is 9.78. The van der Waals surface area contributed by atoms with E-state index < -0.39 is 51.6 Å². The van der Waals surface area contributed by atoms with Crippen LogP contribution in [0.25, 0.3) is 0 Å². The first kappa shape index (κ1) is 23.6. The number of hydrogen-bond acceptors (Lipinski definition) is 7. The molecule has 1 aromatic heterocycles. The number of carbonyl (C=O) groups excluding carboxylic acids is 1. The van der Waals surface area contributed by atoms with Crippen molar-refractivity contribution in [3.05, 3.63) is 23.6 Å². The van der Waals surface area contributed by atoms with Crippen LogP contribution >= 0.6 is 11.8 Å². The highest BCUT2D eigenvalue weighted by Gasteiger charge is 2.59. The number of amides is 1. The molecule has 0 aliphatic carbocycles. The first-order chi connectivity index (χ1) is 14.0. The average Bonchev–Trinajstić information content (AvgIpc) is 2.60. The lowest BCUT2D eigenvalue weighted by molar-refractivity contribution is -0.0152. The number of aliphatic imine (C=N–C) groups is 1. The first-order valence-electron chi connectivity index (χ1n) is 9.86. The Morgan fingerprint density at radius 1 is 1.19 bits per heavy atom. The normalized spacial score (nSPS) is 29.6. The number of hydrogen-bond donors (Lipinski definition) is 3. The number of alkyl halides is 2. The van der Waals surface area contributed by atoms with Gasteiger partial charge in [-0.2, -0.15) is 0 Å². The summed E-state index contributed by atoms with van der Waals surface area (Å²) in [6.45, 7) is 9.01. The summed E-state index contributed by atoms with van der Waals surface area (Å²) in [5.41, 5.74) is 2.47. The molecule has 2 aliphatic rings. The van der Waals surface area contributed by atoms with Crippen molar-refractivity contribution in [3.8, 4) is 0 Å². The van der Waals surface area contributed by atoms with E-state index >= 15 is 4.39 Å². The van der Waals surface area contributed by atoms with Crippen LogP contribution in [0, 0.1) is 5.82 Å². The number of halogens is 3. The quantitative estimate of drug-likeness (QED) is 0.632. The fourth-order valence-electron chi connectivity index (χ4n) is 3.98. The van der Waals surface area contributed by atoms with E-state index in [1.54, 1.807) is 41.5 Å². The van der Waals surface area contributed by atoms with Gasteiger partial charge in [0.15, 0.2) is 5.72 Å². The van der Waals surface area contributed by atoms with Gasteiger partial charge >= 0.3 is 6.09 Å². The molecule has 0 unspecified atom stereocenters. The Balaban J connectivity index is 2.31. The van der Waals surface area contributed by atoms with Crippen LogP contribution in [0.3, 0.4) is 0 Å². The number of nitrogens with two attached hydrogens (primary N) is 1. The van der Waals surface area contributed by atoms with Crippen LogP contribution < -0.4 is 16.4 Å². The Bertz CT molecular complexity index is 939. The predicted molar refractivity (Wildman–Crippen MR) is 115 cm³/mol. The molecule has 2 atom stereocenters. The largest absolute Gasteiger partial charge is 0.423 e. The molecule has 0 saturated heterocycles. The van der Waals surface area contributed by atoms with Crippen molar-refractivity contribution >= 4 is 29.5 Å². The van der Waals surface area contributed by atoms with Gasteiger partial charge in [-0.15, -0.1) is 11.8 Å². The van der Waals surface area contributed by atoms with Crippen molar-refractivity contribution in [1.29, 1.82) is 0 Å². The summed E-state index contributed by atoms with van der Waals surface area (Å²) in [7, 11) is 0. The van der Waals surface area contributed by atoms with Crippen molar-refractivity contribution in [2.75, 3.05) is 11.9 Å². The number of carbonyl (C=O) groups is 1. The molecule has 172 valence electrons. The van der Waals surface area contributed by atoms with Gasteiger partial charge in [0.2, 0.25) is 0 Å². The third kappa shape index (κ3) is 4.34. The molecule has 11 heteroatoms. The van der Waals surface area contributed by atoms with E-state index in [1.807, 2.05) is 0 Å². The Morgan fingerprint density at radius 2 is 1.84 bits per heavy atom. The van der Waals surface area contributed by atoms with Crippen LogP contribution in [0.2, 0.25) is 0 Å². The lowest BCUT2D eigenvalue weighted by Crippen LogP contribution is -2.59. The number of nitrogens with one attached hydrogen (secondary N) is 2. The molecule has 1 amide bonds. The number of thioether (sulfide) groups is 1. The highest BCUT2D eigenvalue weighted by molar-refractivity contribution is 8.02. The van der Waals surface area contributed by atoms with Gasteiger partial charge in [-0.25, -0.2) is 22.9 Å². The molecule has 2 aliphatic heterocycles. The second-order valence-corrected chi connectivity index (χ2v) is 11.4. The number of anilines is 1. The molecule has 31 heavy (non-hydrogen) atoms. The third-order valence-corrected chi connectivity index (χ3v) is 7.31. The number of pyridine rings is 1. The Hall–Kier alpha value is -2.01. The van der Waals surface area contributed by atoms with E-state index in [4.69, 9.17) is 10.5 Å². The van der Waals surface area contributed by atoms with E-state index in [1.165, 1.54) is 23.9 Å². The van der Waals surface area contributed by atoms with Crippen molar-refractivity contribution in [2.45, 2.75) is 74.6 Å². The maximum atomic E-state index is 15.1.